The predicted octanol–water partition coefficient (Wildman–Crippen LogP) is 3.30. The first-order chi connectivity index (χ1) is 9.11. The first-order valence-electron chi connectivity index (χ1n) is 6.95. The van der Waals surface area contributed by atoms with Crippen molar-refractivity contribution >= 4 is 0 Å². The second-order valence-electron chi connectivity index (χ2n) is 5.14. The van der Waals surface area contributed by atoms with Crippen molar-refractivity contribution in [1.29, 1.82) is 0 Å². The smallest absolute Gasteiger partial charge is 0.0678 e. The molecule has 0 saturated carbocycles. The maximum absolute atomic E-state index is 4.55. The van der Waals surface area contributed by atoms with Gasteiger partial charge in [-0.2, -0.15) is 5.10 Å². The zero-order valence-corrected chi connectivity index (χ0v) is 12.3. The molecule has 0 aliphatic heterocycles. The third kappa shape index (κ3) is 3.24. The summed E-state index contributed by atoms with van der Waals surface area (Å²) in [5.74, 6) is 0. The minimum atomic E-state index is 0.937. The lowest BCUT2D eigenvalue weighted by Gasteiger charge is -2.11. The fourth-order valence-electron chi connectivity index (χ4n) is 2.35. The maximum Gasteiger partial charge on any atom is 0.0678 e. The second kappa shape index (κ2) is 6.02. The molecule has 0 saturated heterocycles. The van der Waals surface area contributed by atoms with Gasteiger partial charge in [0.15, 0.2) is 0 Å². The van der Waals surface area contributed by atoms with Crippen molar-refractivity contribution in [3.8, 4) is 5.69 Å². The van der Waals surface area contributed by atoms with E-state index in [-0.39, 0.29) is 0 Å². The largest absolute Gasteiger partial charge is 0.313 e. The lowest BCUT2D eigenvalue weighted by atomic mass is 10.1. The third-order valence-electron chi connectivity index (χ3n) is 3.25. The topological polar surface area (TPSA) is 29.9 Å². The normalized spacial score (nSPS) is 10.9. The molecule has 2 rings (SSSR count). The first-order valence-corrected chi connectivity index (χ1v) is 6.95. The van der Waals surface area contributed by atoms with Crippen LogP contribution in [-0.4, -0.2) is 16.3 Å². The van der Waals surface area contributed by atoms with E-state index in [2.05, 4.69) is 55.5 Å². The minimum absolute atomic E-state index is 0.937. The number of nitrogens with one attached hydrogen (secondary N) is 1. The summed E-state index contributed by atoms with van der Waals surface area (Å²) in [5.41, 5.74) is 6.01. The van der Waals surface area contributed by atoms with Crippen LogP contribution in [0.5, 0.6) is 0 Å². The average Bonchev–Trinajstić information content (AvgIpc) is 2.69. The number of benzene rings is 1. The summed E-state index contributed by atoms with van der Waals surface area (Å²) in [7, 11) is 0. The second-order valence-corrected chi connectivity index (χ2v) is 5.14. The van der Waals surface area contributed by atoms with Crippen LogP contribution in [0, 0.1) is 20.8 Å². The van der Waals surface area contributed by atoms with Crippen molar-refractivity contribution in [2.45, 2.75) is 40.7 Å². The molecule has 0 spiro atoms. The van der Waals surface area contributed by atoms with E-state index in [1.165, 1.54) is 28.9 Å². The monoisotopic (exact) mass is 257 g/mol. The van der Waals surface area contributed by atoms with Gasteiger partial charge < -0.3 is 5.32 Å². The first kappa shape index (κ1) is 13.8. The van der Waals surface area contributed by atoms with Gasteiger partial charge in [-0.25, -0.2) is 4.68 Å². The molecule has 0 radical (unpaired) electrons. The number of rotatable bonds is 5. The molecular weight excluding hydrogens is 234 g/mol. The van der Waals surface area contributed by atoms with Crippen LogP contribution >= 0.6 is 0 Å². The average molecular weight is 257 g/mol. The number of aromatic nitrogens is 2. The van der Waals surface area contributed by atoms with Gasteiger partial charge >= 0.3 is 0 Å². The molecular formula is C16H23N3. The molecule has 1 heterocycles. The van der Waals surface area contributed by atoms with Gasteiger partial charge in [0.25, 0.3) is 0 Å². The summed E-state index contributed by atoms with van der Waals surface area (Å²) in [6.07, 6.45) is 1.17. The van der Waals surface area contributed by atoms with Crippen LogP contribution in [0.4, 0.5) is 0 Å². The number of nitrogens with zero attached hydrogens (tertiary/aromatic N) is 2. The van der Waals surface area contributed by atoms with Crippen molar-refractivity contribution in [3.63, 3.8) is 0 Å². The third-order valence-corrected chi connectivity index (χ3v) is 3.25. The van der Waals surface area contributed by atoms with Gasteiger partial charge in [0.1, 0.15) is 0 Å². The van der Waals surface area contributed by atoms with E-state index in [1.807, 2.05) is 11.6 Å². The van der Waals surface area contributed by atoms with Gasteiger partial charge in [-0.1, -0.05) is 19.1 Å². The fourth-order valence-corrected chi connectivity index (χ4v) is 2.35. The van der Waals surface area contributed by atoms with Crippen molar-refractivity contribution in [2.75, 3.05) is 6.54 Å². The Morgan fingerprint density at radius 3 is 2.53 bits per heavy atom. The molecule has 1 N–H and O–H groups in total. The van der Waals surface area contributed by atoms with Crippen LogP contribution < -0.4 is 5.32 Å². The van der Waals surface area contributed by atoms with Gasteiger partial charge in [0.2, 0.25) is 0 Å². The quantitative estimate of drug-likeness (QED) is 0.833. The van der Waals surface area contributed by atoms with Crippen LogP contribution in [-0.2, 0) is 6.54 Å². The summed E-state index contributed by atoms with van der Waals surface area (Å²) < 4.78 is 2.02. The Morgan fingerprint density at radius 2 is 1.95 bits per heavy atom. The Hall–Kier alpha value is -1.61. The fraction of sp³-hybridized carbons (Fsp3) is 0.438. The Kier molecular flexibility index (Phi) is 4.38. The van der Waals surface area contributed by atoms with E-state index < -0.39 is 0 Å². The molecule has 0 aliphatic carbocycles. The molecule has 0 bridgehead atoms. The number of hydrogen-bond acceptors (Lipinski definition) is 2. The van der Waals surface area contributed by atoms with E-state index >= 15 is 0 Å². The number of aryl methyl sites for hydroxylation is 3. The van der Waals surface area contributed by atoms with Gasteiger partial charge in [-0.3, -0.25) is 0 Å². The van der Waals surface area contributed by atoms with E-state index in [4.69, 9.17) is 0 Å². The summed E-state index contributed by atoms with van der Waals surface area (Å²) in [6, 6.07) is 8.70. The van der Waals surface area contributed by atoms with E-state index in [0.29, 0.717) is 0 Å². The molecule has 0 aliphatic rings. The Bertz CT molecular complexity index is 555. The summed E-state index contributed by atoms with van der Waals surface area (Å²) >= 11 is 0. The molecule has 0 unspecified atom stereocenters. The van der Waals surface area contributed by atoms with Gasteiger partial charge in [0.05, 0.1) is 11.4 Å². The molecule has 2 aromatic rings. The molecule has 1 aromatic heterocycles. The van der Waals surface area contributed by atoms with Gasteiger partial charge in [-0.05, 0) is 57.0 Å². The summed E-state index contributed by atoms with van der Waals surface area (Å²) in [4.78, 5) is 0. The molecule has 1 aromatic carbocycles. The lowest BCUT2D eigenvalue weighted by molar-refractivity contribution is 0.675. The SMILES string of the molecule is CCCNCc1ccc(-n2nc(C)cc2C)c(C)c1. The highest BCUT2D eigenvalue weighted by Crippen LogP contribution is 2.18. The molecule has 3 heteroatoms. The van der Waals surface area contributed by atoms with Crippen molar-refractivity contribution in [2.24, 2.45) is 0 Å². The van der Waals surface area contributed by atoms with E-state index in [1.54, 1.807) is 0 Å². The zero-order valence-electron chi connectivity index (χ0n) is 12.3. The number of hydrogen-bond donors (Lipinski definition) is 1. The Labute approximate surface area is 115 Å². The highest BCUT2D eigenvalue weighted by molar-refractivity contribution is 5.43. The molecule has 19 heavy (non-hydrogen) atoms. The summed E-state index contributed by atoms with van der Waals surface area (Å²) in [5, 5.41) is 7.98. The van der Waals surface area contributed by atoms with Crippen LogP contribution in [0.25, 0.3) is 5.69 Å². The molecule has 0 fully saturated rings. The van der Waals surface area contributed by atoms with Gasteiger partial charge in [-0.15, -0.1) is 0 Å². The van der Waals surface area contributed by atoms with Crippen LogP contribution in [0.1, 0.15) is 35.9 Å². The van der Waals surface area contributed by atoms with Crippen molar-refractivity contribution < 1.29 is 0 Å². The highest BCUT2D eigenvalue weighted by Gasteiger charge is 2.07. The van der Waals surface area contributed by atoms with Crippen molar-refractivity contribution in [3.05, 3.63) is 46.8 Å². The molecule has 0 amide bonds. The minimum Gasteiger partial charge on any atom is -0.313 e. The Balaban J connectivity index is 2.22. The summed E-state index contributed by atoms with van der Waals surface area (Å²) in [6.45, 7) is 10.5. The maximum atomic E-state index is 4.55. The van der Waals surface area contributed by atoms with Gasteiger partial charge in [0, 0.05) is 12.2 Å². The molecule has 3 nitrogen and oxygen atoms in total. The standard InChI is InChI=1S/C16H23N3/c1-5-8-17-11-15-6-7-16(12(2)9-15)19-14(4)10-13(3)18-19/h6-7,9-10,17H,5,8,11H2,1-4H3. The Morgan fingerprint density at radius 1 is 1.16 bits per heavy atom. The molecule has 0 atom stereocenters. The van der Waals surface area contributed by atoms with Crippen LogP contribution in [0.3, 0.4) is 0 Å². The van der Waals surface area contributed by atoms with E-state index in [0.717, 1.165) is 18.8 Å². The highest BCUT2D eigenvalue weighted by atomic mass is 15.3. The predicted molar refractivity (Wildman–Crippen MR) is 79.8 cm³/mol. The van der Waals surface area contributed by atoms with Crippen LogP contribution in [0.2, 0.25) is 0 Å². The molecule has 102 valence electrons. The lowest BCUT2D eigenvalue weighted by Crippen LogP contribution is -2.14. The zero-order chi connectivity index (χ0) is 13.8. The van der Waals surface area contributed by atoms with Crippen molar-refractivity contribution in [1.82, 2.24) is 15.1 Å². The van der Waals surface area contributed by atoms with E-state index in [9.17, 15) is 0 Å². The van der Waals surface area contributed by atoms with Crippen LogP contribution in [0.15, 0.2) is 24.3 Å².